The highest BCUT2D eigenvalue weighted by Crippen LogP contribution is 2.26. The Hall–Kier alpha value is -0.990. The summed E-state index contributed by atoms with van der Waals surface area (Å²) < 4.78 is 20.9. The molecule has 0 bridgehead atoms. The van der Waals surface area contributed by atoms with Crippen LogP contribution in [0, 0.1) is 11.8 Å². The van der Waals surface area contributed by atoms with Crippen molar-refractivity contribution < 1.29 is 43.6 Å². The van der Waals surface area contributed by atoms with Gasteiger partial charge in [0.25, 0.3) is 0 Å². The molecule has 22 heavy (non-hydrogen) atoms. The standard InChI is InChI=1S/C12H23O9P/c1-3-7(11(15)16)9(13)5-20-22(19)21-6-10(14)8(4-2)12(17)18/h7-10,13-14,22H,3-6H2,1-2H3,(H,15,16)(H,17,18). The molecular weight excluding hydrogens is 319 g/mol. The summed E-state index contributed by atoms with van der Waals surface area (Å²) in [5.41, 5.74) is 0. The van der Waals surface area contributed by atoms with Gasteiger partial charge >= 0.3 is 20.2 Å². The van der Waals surface area contributed by atoms with E-state index in [9.17, 15) is 24.4 Å². The van der Waals surface area contributed by atoms with Gasteiger partial charge in [-0.05, 0) is 12.8 Å². The Balaban J connectivity index is 4.19. The molecule has 10 heteroatoms. The van der Waals surface area contributed by atoms with Crippen molar-refractivity contribution in [3.05, 3.63) is 0 Å². The van der Waals surface area contributed by atoms with Crippen LogP contribution in [0.3, 0.4) is 0 Å². The molecule has 0 aliphatic heterocycles. The molecule has 0 spiro atoms. The number of aliphatic hydroxyl groups is 2. The predicted octanol–water partition coefficient (Wildman–Crippen LogP) is 0.353. The normalized spacial score (nSPS) is 18.2. The summed E-state index contributed by atoms with van der Waals surface area (Å²) in [5, 5.41) is 36.8. The van der Waals surface area contributed by atoms with Crippen molar-refractivity contribution in [2.75, 3.05) is 13.2 Å². The molecule has 0 aromatic rings. The van der Waals surface area contributed by atoms with Gasteiger partial charge in [-0.15, -0.1) is 0 Å². The number of rotatable bonds is 12. The number of hydrogen-bond donors (Lipinski definition) is 4. The van der Waals surface area contributed by atoms with E-state index in [1.807, 2.05) is 0 Å². The molecule has 4 unspecified atom stereocenters. The van der Waals surface area contributed by atoms with E-state index in [-0.39, 0.29) is 12.8 Å². The Bertz CT molecular complexity index is 353. The molecule has 0 aliphatic rings. The van der Waals surface area contributed by atoms with E-state index in [2.05, 4.69) is 0 Å². The van der Waals surface area contributed by atoms with Crippen molar-refractivity contribution in [1.82, 2.24) is 0 Å². The lowest BCUT2D eigenvalue weighted by Crippen LogP contribution is -2.31. The average Bonchev–Trinajstić information content (AvgIpc) is 2.43. The van der Waals surface area contributed by atoms with Gasteiger partial charge in [0.05, 0.1) is 37.3 Å². The van der Waals surface area contributed by atoms with Crippen LogP contribution < -0.4 is 0 Å². The summed E-state index contributed by atoms with van der Waals surface area (Å²) in [6.07, 6.45) is -2.33. The maximum absolute atomic E-state index is 11.4. The summed E-state index contributed by atoms with van der Waals surface area (Å²) in [5.74, 6) is -4.47. The first-order valence-electron chi connectivity index (χ1n) is 6.85. The molecule has 0 radical (unpaired) electrons. The Kier molecular flexibility index (Phi) is 10.2. The minimum Gasteiger partial charge on any atom is -0.481 e. The van der Waals surface area contributed by atoms with Crippen LogP contribution in [0.2, 0.25) is 0 Å². The van der Waals surface area contributed by atoms with Crippen LogP contribution >= 0.6 is 8.25 Å². The molecule has 0 saturated heterocycles. The highest BCUT2D eigenvalue weighted by atomic mass is 31.1. The fourth-order valence-corrected chi connectivity index (χ4v) is 2.50. The van der Waals surface area contributed by atoms with E-state index in [0.717, 1.165) is 0 Å². The van der Waals surface area contributed by atoms with Gasteiger partial charge in [0.1, 0.15) is 0 Å². The Labute approximate surface area is 128 Å². The van der Waals surface area contributed by atoms with Gasteiger partial charge in [0.2, 0.25) is 0 Å². The Morgan fingerprint density at radius 1 is 0.909 bits per heavy atom. The number of carbonyl (C=O) groups is 2. The minimum atomic E-state index is -3.07. The average molecular weight is 342 g/mol. The first kappa shape index (κ1) is 21.0. The van der Waals surface area contributed by atoms with Crippen molar-refractivity contribution in [3.8, 4) is 0 Å². The molecule has 0 saturated carbocycles. The van der Waals surface area contributed by atoms with Crippen LogP contribution in [-0.2, 0) is 23.2 Å². The van der Waals surface area contributed by atoms with Crippen LogP contribution in [-0.4, -0.2) is 57.8 Å². The van der Waals surface area contributed by atoms with Gasteiger partial charge in [-0.3, -0.25) is 14.2 Å². The zero-order chi connectivity index (χ0) is 17.3. The molecule has 0 fully saturated rings. The third-order valence-electron chi connectivity index (χ3n) is 3.19. The summed E-state index contributed by atoms with van der Waals surface area (Å²) in [4.78, 5) is 21.6. The second-order valence-electron chi connectivity index (χ2n) is 4.71. The van der Waals surface area contributed by atoms with Gasteiger partial charge in [0, 0.05) is 0 Å². The molecule has 0 rings (SSSR count). The molecule has 4 atom stereocenters. The van der Waals surface area contributed by atoms with Crippen LogP contribution in [0.4, 0.5) is 0 Å². The van der Waals surface area contributed by atoms with Gasteiger partial charge in [-0.2, -0.15) is 0 Å². The van der Waals surface area contributed by atoms with E-state index in [4.69, 9.17) is 19.3 Å². The Morgan fingerprint density at radius 3 is 1.45 bits per heavy atom. The summed E-state index contributed by atoms with van der Waals surface area (Å²) in [7, 11) is -3.07. The van der Waals surface area contributed by atoms with E-state index >= 15 is 0 Å². The number of carboxylic acid groups (broad SMARTS) is 2. The second-order valence-corrected chi connectivity index (χ2v) is 5.79. The third kappa shape index (κ3) is 7.33. The van der Waals surface area contributed by atoms with E-state index < -0.39 is 57.5 Å². The maximum atomic E-state index is 11.4. The van der Waals surface area contributed by atoms with Crippen LogP contribution in [0.1, 0.15) is 26.7 Å². The van der Waals surface area contributed by atoms with Crippen molar-refractivity contribution in [2.45, 2.75) is 38.9 Å². The SMILES string of the molecule is CCC(C(=O)O)C(O)CO[PH](=O)OCC(O)C(CC)C(=O)O. The van der Waals surface area contributed by atoms with Gasteiger partial charge < -0.3 is 29.5 Å². The largest absolute Gasteiger partial charge is 0.481 e. The number of hydrogen-bond acceptors (Lipinski definition) is 7. The van der Waals surface area contributed by atoms with E-state index in [0.29, 0.717) is 0 Å². The van der Waals surface area contributed by atoms with Crippen LogP contribution in [0.15, 0.2) is 0 Å². The lowest BCUT2D eigenvalue weighted by atomic mass is 10.0. The van der Waals surface area contributed by atoms with Crippen molar-refractivity contribution >= 4 is 20.2 Å². The number of aliphatic hydroxyl groups excluding tert-OH is 2. The molecular formula is C12H23O9P. The van der Waals surface area contributed by atoms with Crippen LogP contribution in [0.25, 0.3) is 0 Å². The van der Waals surface area contributed by atoms with Crippen LogP contribution in [0.5, 0.6) is 0 Å². The minimum absolute atomic E-state index is 0.178. The van der Waals surface area contributed by atoms with Crippen molar-refractivity contribution in [1.29, 1.82) is 0 Å². The zero-order valence-corrected chi connectivity index (χ0v) is 13.5. The third-order valence-corrected chi connectivity index (χ3v) is 3.99. The molecule has 0 amide bonds. The molecule has 130 valence electrons. The summed E-state index contributed by atoms with van der Waals surface area (Å²) >= 11 is 0. The zero-order valence-electron chi connectivity index (χ0n) is 12.5. The molecule has 9 nitrogen and oxygen atoms in total. The van der Waals surface area contributed by atoms with E-state index in [1.54, 1.807) is 13.8 Å². The number of carboxylic acids is 2. The predicted molar refractivity (Wildman–Crippen MR) is 75.8 cm³/mol. The first-order valence-corrected chi connectivity index (χ1v) is 8.08. The topological polar surface area (TPSA) is 151 Å². The van der Waals surface area contributed by atoms with E-state index in [1.165, 1.54) is 0 Å². The lowest BCUT2D eigenvalue weighted by Gasteiger charge is -2.19. The smallest absolute Gasteiger partial charge is 0.319 e. The van der Waals surface area contributed by atoms with Crippen molar-refractivity contribution in [3.63, 3.8) is 0 Å². The van der Waals surface area contributed by atoms with Gasteiger partial charge in [-0.1, -0.05) is 13.8 Å². The molecule has 0 heterocycles. The molecule has 0 aromatic carbocycles. The fourth-order valence-electron chi connectivity index (χ4n) is 1.80. The Morgan fingerprint density at radius 2 is 1.23 bits per heavy atom. The lowest BCUT2D eigenvalue weighted by molar-refractivity contribution is -0.147. The molecule has 4 N–H and O–H groups in total. The summed E-state index contributed by atoms with van der Waals surface area (Å²) in [6, 6.07) is 0. The molecule has 0 aromatic heterocycles. The van der Waals surface area contributed by atoms with Crippen molar-refractivity contribution in [2.24, 2.45) is 11.8 Å². The highest BCUT2D eigenvalue weighted by molar-refractivity contribution is 7.33. The van der Waals surface area contributed by atoms with Gasteiger partial charge in [-0.25, -0.2) is 0 Å². The summed E-state index contributed by atoms with van der Waals surface area (Å²) in [6.45, 7) is 2.17. The fraction of sp³-hybridized carbons (Fsp3) is 0.833. The quantitative estimate of drug-likeness (QED) is 0.368. The maximum Gasteiger partial charge on any atom is 0.319 e. The number of aliphatic carboxylic acids is 2. The van der Waals surface area contributed by atoms with Gasteiger partial charge in [0.15, 0.2) is 0 Å². The highest BCUT2D eigenvalue weighted by Gasteiger charge is 2.27. The first-order chi connectivity index (χ1) is 10.2. The monoisotopic (exact) mass is 342 g/mol. The second kappa shape index (κ2) is 10.7. The molecule has 0 aliphatic carbocycles.